The molecule has 0 spiro atoms. The van der Waals surface area contributed by atoms with E-state index in [1.807, 2.05) is 35.2 Å². The molecule has 0 aliphatic carbocycles. The maximum absolute atomic E-state index is 12.8. The lowest BCUT2D eigenvalue weighted by atomic mass is 10.1. The average molecular weight is 380 g/mol. The van der Waals surface area contributed by atoms with Crippen molar-refractivity contribution in [3.05, 3.63) is 48.3 Å². The lowest BCUT2D eigenvalue weighted by molar-refractivity contribution is 0.0718. The van der Waals surface area contributed by atoms with Gasteiger partial charge < -0.3 is 19.4 Å². The van der Waals surface area contributed by atoms with Crippen LogP contribution in [0.15, 0.2) is 42.6 Å². The van der Waals surface area contributed by atoms with Crippen LogP contribution in [-0.4, -0.2) is 62.2 Å². The number of para-hydroxylation sites is 2. The Balaban J connectivity index is 1.43. The largest absolute Gasteiger partial charge is 0.495 e. The van der Waals surface area contributed by atoms with Gasteiger partial charge in [-0.2, -0.15) is 0 Å². The summed E-state index contributed by atoms with van der Waals surface area (Å²) in [7, 11) is 1.72. The molecule has 0 bridgehead atoms. The van der Waals surface area contributed by atoms with Crippen molar-refractivity contribution in [1.29, 1.82) is 0 Å². The van der Waals surface area contributed by atoms with Crippen molar-refractivity contribution in [2.24, 2.45) is 0 Å². The van der Waals surface area contributed by atoms with Crippen molar-refractivity contribution in [2.45, 2.75) is 19.3 Å². The molecule has 4 rings (SSSR count). The number of nitrogens with zero attached hydrogens (tertiary/aromatic N) is 4. The molecule has 6 heteroatoms. The SMILES string of the molecule is COc1ccccc1N1CCN(c2ccnc(C(=O)N3CCCCC3)c2)CC1. The summed E-state index contributed by atoms with van der Waals surface area (Å²) in [5, 5.41) is 0. The van der Waals surface area contributed by atoms with E-state index < -0.39 is 0 Å². The third kappa shape index (κ3) is 3.91. The smallest absolute Gasteiger partial charge is 0.272 e. The number of anilines is 2. The molecule has 0 unspecified atom stereocenters. The summed E-state index contributed by atoms with van der Waals surface area (Å²) in [6.07, 6.45) is 5.17. The van der Waals surface area contributed by atoms with Crippen molar-refractivity contribution < 1.29 is 9.53 Å². The number of amides is 1. The van der Waals surface area contributed by atoms with E-state index in [0.717, 1.165) is 69.2 Å². The van der Waals surface area contributed by atoms with Gasteiger partial charge in [0.05, 0.1) is 12.8 Å². The van der Waals surface area contributed by atoms with Gasteiger partial charge in [0.2, 0.25) is 0 Å². The fourth-order valence-electron chi connectivity index (χ4n) is 4.09. The predicted molar refractivity (Wildman–Crippen MR) is 111 cm³/mol. The number of pyridine rings is 1. The molecule has 0 saturated carbocycles. The van der Waals surface area contributed by atoms with Crippen molar-refractivity contribution >= 4 is 17.3 Å². The number of methoxy groups -OCH3 is 1. The fraction of sp³-hybridized carbons (Fsp3) is 0.455. The van der Waals surface area contributed by atoms with Crippen LogP contribution in [0.5, 0.6) is 5.75 Å². The van der Waals surface area contributed by atoms with Crippen LogP contribution in [0.2, 0.25) is 0 Å². The molecule has 6 nitrogen and oxygen atoms in total. The molecule has 0 N–H and O–H groups in total. The Bertz CT molecular complexity index is 812. The molecule has 2 aliphatic heterocycles. The first-order valence-corrected chi connectivity index (χ1v) is 10.1. The topological polar surface area (TPSA) is 48.9 Å². The number of carbonyl (C=O) groups excluding carboxylic acids is 1. The van der Waals surface area contributed by atoms with Gasteiger partial charge in [-0.3, -0.25) is 9.78 Å². The van der Waals surface area contributed by atoms with E-state index in [1.54, 1.807) is 13.3 Å². The number of hydrogen-bond donors (Lipinski definition) is 0. The monoisotopic (exact) mass is 380 g/mol. The first-order chi connectivity index (χ1) is 13.8. The molecule has 1 aromatic heterocycles. The Labute approximate surface area is 166 Å². The standard InChI is InChI=1S/C22H28N4O2/c1-28-21-8-4-3-7-20(21)25-15-13-24(14-16-25)18-9-10-23-19(17-18)22(27)26-11-5-2-6-12-26/h3-4,7-10,17H,2,5-6,11-16H2,1H3. The van der Waals surface area contributed by atoms with Gasteiger partial charge in [0.1, 0.15) is 11.4 Å². The Morgan fingerprint density at radius 2 is 1.64 bits per heavy atom. The quantitative estimate of drug-likeness (QED) is 0.816. The van der Waals surface area contributed by atoms with Crippen molar-refractivity contribution in [2.75, 3.05) is 56.2 Å². The van der Waals surface area contributed by atoms with Crippen LogP contribution in [0, 0.1) is 0 Å². The molecular weight excluding hydrogens is 352 g/mol. The Kier molecular flexibility index (Phi) is 5.65. The second kappa shape index (κ2) is 8.50. The summed E-state index contributed by atoms with van der Waals surface area (Å²) < 4.78 is 5.50. The number of benzene rings is 1. The molecular formula is C22H28N4O2. The number of likely N-dealkylation sites (tertiary alicyclic amines) is 1. The van der Waals surface area contributed by atoms with E-state index in [9.17, 15) is 4.79 Å². The van der Waals surface area contributed by atoms with Crippen molar-refractivity contribution in [3.63, 3.8) is 0 Å². The number of piperidine rings is 1. The lowest BCUT2D eigenvalue weighted by Crippen LogP contribution is -2.46. The number of aromatic nitrogens is 1. The highest BCUT2D eigenvalue weighted by molar-refractivity contribution is 5.93. The zero-order valence-corrected chi connectivity index (χ0v) is 16.5. The molecule has 0 radical (unpaired) electrons. The molecule has 2 saturated heterocycles. The summed E-state index contributed by atoms with van der Waals surface area (Å²) in [5.41, 5.74) is 2.78. The number of rotatable bonds is 4. The van der Waals surface area contributed by atoms with Crippen LogP contribution in [0.25, 0.3) is 0 Å². The summed E-state index contributed by atoms with van der Waals surface area (Å²) in [5.74, 6) is 0.975. The van der Waals surface area contributed by atoms with Crippen LogP contribution in [0.4, 0.5) is 11.4 Å². The third-order valence-electron chi connectivity index (χ3n) is 5.68. The van der Waals surface area contributed by atoms with Gasteiger partial charge >= 0.3 is 0 Å². The summed E-state index contributed by atoms with van der Waals surface area (Å²) in [4.78, 5) is 23.7. The molecule has 148 valence electrons. The van der Waals surface area contributed by atoms with Gasteiger partial charge in [-0.05, 0) is 43.5 Å². The van der Waals surface area contributed by atoms with Gasteiger partial charge in [0.15, 0.2) is 0 Å². The molecule has 0 atom stereocenters. The van der Waals surface area contributed by atoms with Crippen LogP contribution < -0.4 is 14.5 Å². The number of hydrogen-bond acceptors (Lipinski definition) is 5. The van der Waals surface area contributed by atoms with E-state index in [4.69, 9.17) is 4.74 Å². The van der Waals surface area contributed by atoms with E-state index in [2.05, 4.69) is 20.9 Å². The number of carbonyl (C=O) groups is 1. The van der Waals surface area contributed by atoms with E-state index in [0.29, 0.717) is 5.69 Å². The Morgan fingerprint density at radius 3 is 2.39 bits per heavy atom. The van der Waals surface area contributed by atoms with Gasteiger partial charge in [-0.25, -0.2) is 0 Å². The van der Waals surface area contributed by atoms with Crippen LogP contribution >= 0.6 is 0 Å². The van der Waals surface area contributed by atoms with Crippen molar-refractivity contribution in [1.82, 2.24) is 9.88 Å². The summed E-state index contributed by atoms with van der Waals surface area (Å²) in [6, 6.07) is 12.1. The molecule has 3 heterocycles. The molecule has 1 aromatic carbocycles. The highest BCUT2D eigenvalue weighted by atomic mass is 16.5. The predicted octanol–water partition coefficient (Wildman–Crippen LogP) is 3.04. The van der Waals surface area contributed by atoms with Crippen LogP contribution in [0.3, 0.4) is 0 Å². The van der Waals surface area contributed by atoms with Crippen LogP contribution in [0.1, 0.15) is 29.8 Å². The van der Waals surface area contributed by atoms with Gasteiger partial charge in [-0.1, -0.05) is 12.1 Å². The van der Waals surface area contributed by atoms with Gasteiger partial charge in [-0.15, -0.1) is 0 Å². The molecule has 28 heavy (non-hydrogen) atoms. The van der Waals surface area contributed by atoms with E-state index >= 15 is 0 Å². The highest BCUT2D eigenvalue weighted by Gasteiger charge is 2.23. The maximum atomic E-state index is 12.8. The molecule has 2 fully saturated rings. The molecule has 2 aromatic rings. The normalized spacial score (nSPS) is 17.5. The molecule has 2 aliphatic rings. The summed E-state index contributed by atoms with van der Waals surface area (Å²) >= 11 is 0. The second-order valence-corrected chi connectivity index (χ2v) is 7.40. The average Bonchev–Trinajstić information content (AvgIpc) is 2.79. The zero-order chi connectivity index (χ0) is 19.3. The fourth-order valence-corrected chi connectivity index (χ4v) is 4.09. The number of ether oxygens (including phenoxy) is 1. The minimum Gasteiger partial charge on any atom is -0.495 e. The first kappa shape index (κ1) is 18.6. The minimum atomic E-state index is 0.0641. The Morgan fingerprint density at radius 1 is 0.929 bits per heavy atom. The Hall–Kier alpha value is -2.76. The highest BCUT2D eigenvalue weighted by Crippen LogP contribution is 2.29. The van der Waals surface area contributed by atoms with E-state index in [1.165, 1.54) is 6.42 Å². The lowest BCUT2D eigenvalue weighted by Gasteiger charge is -2.38. The third-order valence-corrected chi connectivity index (χ3v) is 5.68. The van der Waals surface area contributed by atoms with Crippen LogP contribution in [-0.2, 0) is 0 Å². The zero-order valence-electron chi connectivity index (χ0n) is 16.5. The number of piperazine rings is 1. The second-order valence-electron chi connectivity index (χ2n) is 7.40. The molecule has 1 amide bonds. The van der Waals surface area contributed by atoms with Gasteiger partial charge in [0.25, 0.3) is 5.91 Å². The van der Waals surface area contributed by atoms with E-state index in [-0.39, 0.29) is 5.91 Å². The minimum absolute atomic E-state index is 0.0641. The maximum Gasteiger partial charge on any atom is 0.272 e. The van der Waals surface area contributed by atoms with Crippen molar-refractivity contribution in [3.8, 4) is 5.75 Å². The summed E-state index contributed by atoms with van der Waals surface area (Å²) in [6.45, 7) is 5.33. The first-order valence-electron chi connectivity index (χ1n) is 10.1. The van der Waals surface area contributed by atoms with Gasteiger partial charge in [0, 0.05) is 51.2 Å².